The molecule has 1 aromatic rings. The molecule has 74 valence electrons. The zero-order valence-electron chi connectivity index (χ0n) is 7.66. The van der Waals surface area contributed by atoms with Gasteiger partial charge in [-0.3, -0.25) is 4.90 Å². The van der Waals surface area contributed by atoms with Crippen LogP contribution in [0.5, 0.6) is 0 Å². The normalized spacial score (nSPS) is 16.6. The van der Waals surface area contributed by atoms with E-state index in [2.05, 4.69) is 5.32 Å². The lowest BCUT2D eigenvalue weighted by Crippen LogP contribution is -2.46. The van der Waals surface area contributed by atoms with Crippen molar-refractivity contribution in [3.05, 3.63) is 30.1 Å². The van der Waals surface area contributed by atoms with Crippen LogP contribution in [0.15, 0.2) is 24.3 Å². The van der Waals surface area contributed by atoms with Gasteiger partial charge >= 0.3 is 6.03 Å². The van der Waals surface area contributed by atoms with E-state index in [1.807, 2.05) is 0 Å². The molecule has 0 bridgehead atoms. The van der Waals surface area contributed by atoms with Gasteiger partial charge in [-0.1, -0.05) is 0 Å². The molecule has 3 nitrogen and oxygen atoms in total. The van der Waals surface area contributed by atoms with Crippen molar-refractivity contribution < 1.29 is 9.18 Å². The van der Waals surface area contributed by atoms with Gasteiger partial charge in [-0.2, -0.15) is 0 Å². The predicted octanol–water partition coefficient (Wildman–Crippen LogP) is 1.75. The summed E-state index contributed by atoms with van der Waals surface area (Å²) in [6.07, 6.45) is 0.920. The molecule has 1 fully saturated rings. The van der Waals surface area contributed by atoms with Crippen molar-refractivity contribution in [2.24, 2.45) is 0 Å². The van der Waals surface area contributed by atoms with Gasteiger partial charge in [0.15, 0.2) is 0 Å². The Balaban J connectivity index is 2.20. The summed E-state index contributed by atoms with van der Waals surface area (Å²) < 4.78 is 12.6. The molecule has 1 saturated heterocycles. The van der Waals surface area contributed by atoms with Gasteiger partial charge in [-0.15, -0.1) is 0 Å². The maximum absolute atomic E-state index is 12.6. The molecule has 0 atom stereocenters. The van der Waals surface area contributed by atoms with E-state index >= 15 is 0 Å². The molecule has 0 saturated carbocycles. The number of hydrogen-bond acceptors (Lipinski definition) is 1. The van der Waals surface area contributed by atoms with Crippen molar-refractivity contribution in [1.82, 2.24) is 5.32 Å². The van der Waals surface area contributed by atoms with Crippen LogP contribution in [-0.2, 0) is 0 Å². The van der Waals surface area contributed by atoms with Gasteiger partial charge in [0.05, 0.1) is 0 Å². The number of hydrogen-bond donors (Lipinski definition) is 1. The van der Waals surface area contributed by atoms with Gasteiger partial charge in [0.2, 0.25) is 0 Å². The fourth-order valence-corrected chi connectivity index (χ4v) is 1.50. The molecule has 0 radical (unpaired) electrons. The van der Waals surface area contributed by atoms with Gasteiger partial charge in [0.25, 0.3) is 0 Å². The highest BCUT2D eigenvalue weighted by Crippen LogP contribution is 2.16. The largest absolute Gasteiger partial charge is 0.338 e. The zero-order chi connectivity index (χ0) is 9.97. The van der Waals surface area contributed by atoms with E-state index in [-0.39, 0.29) is 11.8 Å². The lowest BCUT2D eigenvalue weighted by Gasteiger charge is -2.27. The zero-order valence-corrected chi connectivity index (χ0v) is 7.66. The Labute approximate surface area is 81.5 Å². The second-order valence-corrected chi connectivity index (χ2v) is 3.21. The summed E-state index contributed by atoms with van der Waals surface area (Å²) in [5.41, 5.74) is 0.739. The number of amides is 2. The van der Waals surface area contributed by atoms with Gasteiger partial charge in [0, 0.05) is 18.8 Å². The number of nitrogens with one attached hydrogen (secondary N) is 1. The lowest BCUT2D eigenvalue weighted by molar-refractivity contribution is 0.243. The summed E-state index contributed by atoms with van der Waals surface area (Å²) in [5, 5.41) is 2.74. The first kappa shape index (κ1) is 8.99. The molecule has 0 unspecified atom stereocenters. The first-order valence-corrected chi connectivity index (χ1v) is 4.58. The van der Waals surface area contributed by atoms with Crippen molar-refractivity contribution in [1.29, 1.82) is 0 Å². The third-order valence-corrected chi connectivity index (χ3v) is 2.22. The number of carbonyl (C=O) groups is 1. The summed E-state index contributed by atoms with van der Waals surface area (Å²) in [4.78, 5) is 13.0. The van der Waals surface area contributed by atoms with Crippen LogP contribution in [0.4, 0.5) is 14.9 Å². The SMILES string of the molecule is O=C1NCCCN1c1ccc(F)cc1. The predicted molar refractivity (Wildman–Crippen MR) is 51.8 cm³/mol. The molecule has 1 aliphatic rings. The maximum Gasteiger partial charge on any atom is 0.321 e. The summed E-state index contributed by atoms with van der Waals surface area (Å²) in [6, 6.07) is 5.83. The Kier molecular flexibility index (Phi) is 2.35. The van der Waals surface area contributed by atoms with E-state index in [1.165, 1.54) is 12.1 Å². The number of urea groups is 1. The Morgan fingerprint density at radius 1 is 1.29 bits per heavy atom. The van der Waals surface area contributed by atoms with E-state index in [0.717, 1.165) is 18.7 Å². The monoisotopic (exact) mass is 194 g/mol. The lowest BCUT2D eigenvalue weighted by atomic mass is 10.2. The van der Waals surface area contributed by atoms with Crippen LogP contribution in [0, 0.1) is 5.82 Å². The molecular formula is C10H11FN2O. The molecule has 1 heterocycles. The molecule has 1 N–H and O–H groups in total. The third-order valence-electron chi connectivity index (χ3n) is 2.22. The average molecular weight is 194 g/mol. The summed E-state index contributed by atoms with van der Waals surface area (Å²) >= 11 is 0. The first-order chi connectivity index (χ1) is 6.77. The van der Waals surface area contributed by atoms with Crippen LogP contribution in [0.2, 0.25) is 0 Å². The highest BCUT2D eigenvalue weighted by molar-refractivity contribution is 5.92. The molecule has 2 rings (SSSR count). The molecule has 1 aliphatic heterocycles. The van der Waals surface area contributed by atoms with Crippen LogP contribution >= 0.6 is 0 Å². The maximum atomic E-state index is 12.6. The van der Waals surface area contributed by atoms with E-state index in [4.69, 9.17) is 0 Å². The Morgan fingerprint density at radius 2 is 2.00 bits per heavy atom. The van der Waals surface area contributed by atoms with Crippen LogP contribution in [-0.4, -0.2) is 19.1 Å². The van der Waals surface area contributed by atoms with Crippen molar-refractivity contribution in [3.8, 4) is 0 Å². The van der Waals surface area contributed by atoms with E-state index in [1.54, 1.807) is 17.0 Å². The van der Waals surface area contributed by atoms with Crippen molar-refractivity contribution in [2.45, 2.75) is 6.42 Å². The van der Waals surface area contributed by atoms with E-state index in [9.17, 15) is 9.18 Å². The number of rotatable bonds is 1. The number of carbonyl (C=O) groups excluding carboxylic acids is 1. The van der Waals surface area contributed by atoms with Crippen molar-refractivity contribution in [2.75, 3.05) is 18.0 Å². The molecule has 2 amide bonds. The summed E-state index contributed by atoms with van der Waals surface area (Å²) in [6.45, 7) is 1.41. The minimum atomic E-state index is -0.286. The molecule has 1 aromatic carbocycles. The van der Waals surface area contributed by atoms with Crippen molar-refractivity contribution >= 4 is 11.7 Å². The second-order valence-electron chi connectivity index (χ2n) is 3.21. The minimum Gasteiger partial charge on any atom is -0.338 e. The highest BCUT2D eigenvalue weighted by atomic mass is 19.1. The van der Waals surface area contributed by atoms with Crippen LogP contribution < -0.4 is 10.2 Å². The number of anilines is 1. The van der Waals surface area contributed by atoms with E-state index in [0.29, 0.717) is 6.54 Å². The summed E-state index contributed by atoms with van der Waals surface area (Å²) in [5.74, 6) is -0.286. The number of halogens is 1. The Hall–Kier alpha value is -1.58. The number of benzene rings is 1. The molecular weight excluding hydrogens is 183 g/mol. The third kappa shape index (κ3) is 1.69. The van der Waals surface area contributed by atoms with Gasteiger partial charge in [0.1, 0.15) is 5.82 Å². The fraction of sp³-hybridized carbons (Fsp3) is 0.300. The number of nitrogens with zero attached hydrogens (tertiary/aromatic N) is 1. The Morgan fingerprint density at radius 3 is 2.64 bits per heavy atom. The van der Waals surface area contributed by atoms with Gasteiger partial charge < -0.3 is 5.32 Å². The van der Waals surface area contributed by atoms with Crippen molar-refractivity contribution in [3.63, 3.8) is 0 Å². The molecule has 0 aliphatic carbocycles. The average Bonchev–Trinajstić information content (AvgIpc) is 2.20. The van der Waals surface area contributed by atoms with Crippen LogP contribution in [0.25, 0.3) is 0 Å². The van der Waals surface area contributed by atoms with E-state index < -0.39 is 0 Å². The quantitative estimate of drug-likeness (QED) is 0.725. The molecule has 0 spiro atoms. The standard InChI is InChI=1S/C10H11FN2O/c11-8-2-4-9(5-3-8)13-7-1-6-12-10(13)14/h2-5H,1,6-7H2,(H,12,14). The van der Waals surface area contributed by atoms with Crippen LogP contribution in [0.1, 0.15) is 6.42 Å². The first-order valence-electron chi connectivity index (χ1n) is 4.58. The Bertz CT molecular complexity index is 336. The second kappa shape index (κ2) is 3.65. The highest BCUT2D eigenvalue weighted by Gasteiger charge is 2.18. The smallest absolute Gasteiger partial charge is 0.321 e. The summed E-state index contributed by atoms with van der Waals surface area (Å²) in [7, 11) is 0. The molecule has 14 heavy (non-hydrogen) atoms. The fourth-order valence-electron chi connectivity index (χ4n) is 1.50. The van der Waals surface area contributed by atoms with Gasteiger partial charge in [-0.25, -0.2) is 9.18 Å². The topological polar surface area (TPSA) is 32.3 Å². The van der Waals surface area contributed by atoms with Gasteiger partial charge in [-0.05, 0) is 30.7 Å². The van der Waals surface area contributed by atoms with Crippen LogP contribution in [0.3, 0.4) is 0 Å². The molecule has 0 aromatic heterocycles. The minimum absolute atomic E-state index is 0.108. The molecule has 4 heteroatoms.